The molecule has 0 radical (unpaired) electrons. The second-order valence-corrected chi connectivity index (χ2v) is 7.25. The van der Waals surface area contributed by atoms with Gasteiger partial charge in [-0.1, -0.05) is 22.0 Å². The number of hydrogen-bond donors (Lipinski definition) is 1. The highest BCUT2D eigenvalue weighted by molar-refractivity contribution is 9.10. The molecule has 2 aromatic rings. The molecule has 1 atom stereocenters. The Morgan fingerprint density at radius 3 is 2.56 bits per heavy atom. The van der Waals surface area contributed by atoms with Gasteiger partial charge in [-0.05, 0) is 42.8 Å². The molecule has 0 saturated carbocycles. The lowest BCUT2D eigenvalue weighted by molar-refractivity contribution is -0.117. The minimum Gasteiger partial charge on any atom is -0.325 e. The lowest BCUT2D eigenvalue weighted by Gasteiger charge is -2.37. The van der Waals surface area contributed by atoms with Crippen molar-refractivity contribution in [2.45, 2.75) is 13.0 Å². The average molecular weight is 403 g/mol. The quantitative estimate of drug-likeness (QED) is 0.834. The van der Waals surface area contributed by atoms with E-state index in [9.17, 15) is 4.79 Å². The molecule has 0 bridgehead atoms. The van der Waals surface area contributed by atoms with E-state index in [1.54, 1.807) is 6.20 Å². The van der Waals surface area contributed by atoms with Crippen LogP contribution in [0, 0.1) is 0 Å². The molecule has 1 aliphatic rings. The minimum absolute atomic E-state index is 0.0380. The Morgan fingerprint density at radius 2 is 1.92 bits per heavy atom. The van der Waals surface area contributed by atoms with Crippen LogP contribution >= 0.6 is 15.9 Å². The van der Waals surface area contributed by atoms with Gasteiger partial charge in [-0.3, -0.25) is 19.6 Å². The first-order chi connectivity index (χ1) is 12.1. The van der Waals surface area contributed by atoms with Crippen LogP contribution in [0.3, 0.4) is 0 Å². The second kappa shape index (κ2) is 8.56. The Hall–Kier alpha value is -1.76. The molecule has 1 N–H and O–H groups in total. The first-order valence-corrected chi connectivity index (χ1v) is 9.33. The molecule has 6 heteroatoms. The molecule has 0 spiro atoms. The number of carbonyl (C=O) groups excluding carboxylic acids is 1. The minimum atomic E-state index is 0.0380. The summed E-state index contributed by atoms with van der Waals surface area (Å²) in [5.41, 5.74) is 2.07. The number of pyridine rings is 1. The number of halogens is 1. The van der Waals surface area contributed by atoms with Gasteiger partial charge in [-0.2, -0.15) is 0 Å². The Morgan fingerprint density at radius 1 is 1.20 bits per heavy atom. The molecular weight excluding hydrogens is 380 g/mol. The van der Waals surface area contributed by atoms with Gasteiger partial charge in [-0.25, -0.2) is 0 Å². The second-order valence-electron chi connectivity index (χ2n) is 6.33. The number of carbonyl (C=O) groups is 1. The number of nitrogens with zero attached hydrogens (tertiary/aromatic N) is 3. The van der Waals surface area contributed by atoms with Gasteiger partial charge < -0.3 is 5.32 Å². The Kier molecular flexibility index (Phi) is 6.18. The van der Waals surface area contributed by atoms with Crippen molar-refractivity contribution in [3.8, 4) is 0 Å². The monoisotopic (exact) mass is 402 g/mol. The molecule has 1 amide bonds. The van der Waals surface area contributed by atoms with Crippen molar-refractivity contribution < 1.29 is 4.79 Å². The summed E-state index contributed by atoms with van der Waals surface area (Å²) in [6.45, 7) is 6.37. The van der Waals surface area contributed by atoms with E-state index in [2.05, 4.69) is 49.0 Å². The summed E-state index contributed by atoms with van der Waals surface area (Å²) >= 11 is 3.40. The lowest BCUT2D eigenvalue weighted by atomic mass is 10.1. The summed E-state index contributed by atoms with van der Waals surface area (Å²) in [5, 5.41) is 2.95. The molecular formula is C19H23BrN4O. The third-order valence-corrected chi connectivity index (χ3v) is 5.15. The van der Waals surface area contributed by atoms with Gasteiger partial charge in [-0.15, -0.1) is 0 Å². The third kappa shape index (κ3) is 5.11. The van der Waals surface area contributed by atoms with Gasteiger partial charge in [0.25, 0.3) is 0 Å². The maximum absolute atomic E-state index is 12.2. The van der Waals surface area contributed by atoms with Crippen molar-refractivity contribution in [3.63, 3.8) is 0 Å². The fourth-order valence-electron chi connectivity index (χ4n) is 3.08. The summed E-state index contributed by atoms with van der Waals surface area (Å²) < 4.78 is 1.00. The molecule has 132 valence electrons. The van der Waals surface area contributed by atoms with Crippen LogP contribution in [-0.4, -0.2) is 53.4 Å². The number of nitrogens with one attached hydrogen (secondary N) is 1. The molecule has 5 nitrogen and oxygen atoms in total. The van der Waals surface area contributed by atoms with Gasteiger partial charge in [0.2, 0.25) is 5.91 Å². The molecule has 3 rings (SSSR count). The van der Waals surface area contributed by atoms with E-state index in [1.165, 1.54) is 5.56 Å². The third-order valence-electron chi connectivity index (χ3n) is 4.62. The molecule has 1 aliphatic heterocycles. The highest BCUT2D eigenvalue weighted by Crippen LogP contribution is 2.20. The predicted molar refractivity (Wildman–Crippen MR) is 103 cm³/mol. The van der Waals surface area contributed by atoms with Gasteiger partial charge in [0.05, 0.1) is 6.54 Å². The predicted octanol–water partition coefficient (Wildman–Crippen LogP) is 3.16. The fourth-order valence-corrected chi connectivity index (χ4v) is 3.34. The number of rotatable bonds is 5. The maximum atomic E-state index is 12.2. The van der Waals surface area contributed by atoms with Crippen molar-refractivity contribution in [1.29, 1.82) is 0 Å². The van der Waals surface area contributed by atoms with Crippen molar-refractivity contribution in [3.05, 3.63) is 58.8 Å². The number of anilines is 1. The number of amides is 1. The van der Waals surface area contributed by atoms with Crippen molar-refractivity contribution in [1.82, 2.24) is 14.8 Å². The summed E-state index contributed by atoms with van der Waals surface area (Å²) in [4.78, 5) is 21.1. The molecule has 1 aromatic carbocycles. The van der Waals surface area contributed by atoms with E-state index in [4.69, 9.17) is 0 Å². The molecule has 0 aliphatic carbocycles. The van der Waals surface area contributed by atoms with Crippen LogP contribution in [-0.2, 0) is 4.79 Å². The fraction of sp³-hybridized carbons (Fsp3) is 0.368. The van der Waals surface area contributed by atoms with E-state index in [1.807, 2.05) is 36.5 Å². The zero-order valence-electron chi connectivity index (χ0n) is 14.4. The number of aromatic nitrogens is 1. The molecule has 1 aromatic heterocycles. The molecule has 2 heterocycles. The van der Waals surface area contributed by atoms with Crippen molar-refractivity contribution in [2.75, 3.05) is 38.0 Å². The summed E-state index contributed by atoms with van der Waals surface area (Å²) in [6, 6.07) is 12.1. The van der Waals surface area contributed by atoms with Crippen LogP contribution < -0.4 is 5.32 Å². The highest BCUT2D eigenvalue weighted by atomic mass is 79.9. The van der Waals surface area contributed by atoms with E-state index < -0.39 is 0 Å². The highest BCUT2D eigenvalue weighted by Gasteiger charge is 2.23. The van der Waals surface area contributed by atoms with Crippen LogP contribution in [0.4, 0.5) is 5.69 Å². The van der Waals surface area contributed by atoms with Crippen LogP contribution in [0.2, 0.25) is 0 Å². The zero-order valence-corrected chi connectivity index (χ0v) is 15.9. The summed E-state index contributed by atoms with van der Waals surface area (Å²) in [5.74, 6) is 0.0380. The lowest BCUT2D eigenvalue weighted by Crippen LogP contribution is -2.49. The van der Waals surface area contributed by atoms with Crippen LogP contribution in [0.1, 0.15) is 18.5 Å². The van der Waals surface area contributed by atoms with Gasteiger partial charge in [0.15, 0.2) is 0 Å². The van der Waals surface area contributed by atoms with E-state index >= 15 is 0 Å². The standard InChI is InChI=1S/C19H23BrN4O/c1-15(16-3-2-8-21-13-16)24-11-9-23(10-12-24)14-19(25)22-18-6-4-17(20)5-7-18/h2-8,13,15H,9-12,14H2,1H3,(H,22,25). The first kappa shape index (κ1) is 18.0. The van der Waals surface area contributed by atoms with Crippen LogP contribution in [0.5, 0.6) is 0 Å². The topological polar surface area (TPSA) is 48.5 Å². The first-order valence-electron chi connectivity index (χ1n) is 8.53. The molecule has 25 heavy (non-hydrogen) atoms. The smallest absolute Gasteiger partial charge is 0.238 e. The number of hydrogen-bond acceptors (Lipinski definition) is 4. The number of benzene rings is 1. The van der Waals surface area contributed by atoms with E-state index in [0.29, 0.717) is 12.6 Å². The molecule has 1 unspecified atom stereocenters. The SMILES string of the molecule is CC(c1cccnc1)N1CCN(CC(=O)Nc2ccc(Br)cc2)CC1. The van der Waals surface area contributed by atoms with Crippen molar-refractivity contribution in [2.24, 2.45) is 0 Å². The average Bonchev–Trinajstić information content (AvgIpc) is 2.64. The van der Waals surface area contributed by atoms with E-state index in [0.717, 1.165) is 36.3 Å². The van der Waals surface area contributed by atoms with Gasteiger partial charge in [0.1, 0.15) is 0 Å². The summed E-state index contributed by atoms with van der Waals surface area (Å²) in [6.07, 6.45) is 3.74. The Balaban J connectivity index is 1.46. The molecule has 1 fully saturated rings. The van der Waals surface area contributed by atoms with Gasteiger partial charge >= 0.3 is 0 Å². The normalized spacial score (nSPS) is 17.2. The van der Waals surface area contributed by atoms with Crippen LogP contribution in [0.15, 0.2) is 53.3 Å². The molecule has 1 saturated heterocycles. The zero-order chi connectivity index (χ0) is 17.6. The maximum Gasteiger partial charge on any atom is 0.238 e. The largest absolute Gasteiger partial charge is 0.325 e. The van der Waals surface area contributed by atoms with Crippen molar-refractivity contribution >= 4 is 27.5 Å². The Labute approximate surface area is 157 Å². The number of piperazine rings is 1. The summed E-state index contributed by atoms with van der Waals surface area (Å²) in [7, 11) is 0. The Bertz CT molecular complexity index is 684. The van der Waals surface area contributed by atoms with Gasteiger partial charge in [0, 0.05) is 54.8 Å². The van der Waals surface area contributed by atoms with Crippen LogP contribution in [0.25, 0.3) is 0 Å². The van der Waals surface area contributed by atoms with E-state index in [-0.39, 0.29) is 5.91 Å².